The summed E-state index contributed by atoms with van der Waals surface area (Å²) < 4.78 is 11.0. The Morgan fingerprint density at radius 1 is 0.879 bits per heavy atom. The largest absolute Gasteiger partial charge is 0.379 e. The molecule has 1 aromatic carbocycles. The van der Waals surface area contributed by atoms with E-state index >= 15 is 0 Å². The summed E-state index contributed by atoms with van der Waals surface area (Å²) >= 11 is 1.75. The molecular weight excluding hydrogens is 438 g/mol. The molecule has 9 nitrogen and oxygen atoms in total. The summed E-state index contributed by atoms with van der Waals surface area (Å²) in [6, 6.07) is 10.4. The van der Waals surface area contributed by atoms with E-state index in [4.69, 9.17) is 24.4 Å². The average Bonchev–Trinajstić information content (AvgIpc) is 3.55. The van der Waals surface area contributed by atoms with E-state index in [0.29, 0.717) is 30.8 Å². The summed E-state index contributed by atoms with van der Waals surface area (Å²) in [5.74, 6) is 2.07. The van der Waals surface area contributed by atoms with Crippen molar-refractivity contribution in [1.82, 2.24) is 30.0 Å². The molecule has 0 radical (unpaired) electrons. The zero-order valence-electron chi connectivity index (χ0n) is 18.2. The highest BCUT2D eigenvalue weighted by Crippen LogP contribution is 2.31. The first-order valence-corrected chi connectivity index (χ1v) is 12.1. The SMILES string of the molecule is c1cc(-c2nc(-c3ccc(CN4CCOCC4)s3)nc(N3CCOCC3)n2)c2cn[nH]c2c1. The number of nitrogens with one attached hydrogen (secondary N) is 1. The number of hydrogen-bond donors (Lipinski definition) is 1. The number of rotatable bonds is 5. The van der Waals surface area contributed by atoms with Crippen molar-refractivity contribution >= 4 is 28.2 Å². The molecule has 6 rings (SSSR count). The van der Waals surface area contributed by atoms with Crippen LogP contribution in [0.15, 0.2) is 36.5 Å². The van der Waals surface area contributed by atoms with Gasteiger partial charge in [-0.05, 0) is 18.2 Å². The van der Waals surface area contributed by atoms with Gasteiger partial charge < -0.3 is 14.4 Å². The summed E-state index contributed by atoms with van der Waals surface area (Å²) in [7, 11) is 0. The van der Waals surface area contributed by atoms with Crippen molar-refractivity contribution in [1.29, 1.82) is 0 Å². The summed E-state index contributed by atoms with van der Waals surface area (Å²) in [6.45, 7) is 7.37. The maximum Gasteiger partial charge on any atom is 0.229 e. The Kier molecular flexibility index (Phi) is 5.73. The van der Waals surface area contributed by atoms with E-state index in [2.05, 4.69) is 32.1 Å². The normalized spacial score (nSPS) is 17.6. The van der Waals surface area contributed by atoms with E-state index in [1.807, 2.05) is 24.4 Å². The molecule has 170 valence electrons. The molecule has 2 saturated heterocycles. The molecule has 2 aliphatic heterocycles. The van der Waals surface area contributed by atoms with Crippen LogP contribution in [0.1, 0.15) is 4.88 Å². The maximum absolute atomic E-state index is 5.54. The summed E-state index contributed by atoms with van der Waals surface area (Å²) in [5.41, 5.74) is 1.91. The molecule has 4 aromatic rings. The number of thiophene rings is 1. The molecule has 3 aromatic heterocycles. The molecule has 0 atom stereocenters. The molecule has 2 fully saturated rings. The van der Waals surface area contributed by atoms with Crippen LogP contribution in [0.2, 0.25) is 0 Å². The highest BCUT2D eigenvalue weighted by Gasteiger charge is 2.20. The summed E-state index contributed by atoms with van der Waals surface area (Å²) in [4.78, 5) is 21.6. The van der Waals surface area contributed by atoms with Gasteiger partial charge in [-0.2, -0.15) is 15.1 Å². The van der Waals surface area contributed by atoms with Gasteiger partial charge in [-0.15, -0.1) is 11.3 Å². The zero-order valence-corrected chi connectivity index (χ0v) is 19.1. The Balaban J connectivity index is 1.38. The fraction of sp³-hybridized carbons (Fsp3) is 0.391. The Labute approximate surface area is 195 Å². The number of nitrogens with zero attached hydrogens (tertiary/aromatic N) is 6. The van der Waals surface area contributed by atoms with Gasteiger partial charge >= 0.3 is 0 Å². The van der Waals surface area contributed by atoms with E-state index in [0.717, 1.165) is 67.3 Å². The first kappa shape index (κ1) is 20.7. The average molecular weight is 464 g/mol. The number of anilines is 1. The van der Waals surface area contributed by atoms with Crippen LogP contribution in [-0.2, 0) is 16.0 Å². The van der Waals surface area contributed by atoms with Crippen molar-refractivity contribution in [3.8, 4) is 22.1 Å². The predicted octanol–water partition coefficient (Wildman–Crippen LogP) is 2.81. The second-order valence-corrected chi connectivity index (χ2v) is 9.34. The number of benzene rings is 1. The quantitative estimate of drug-likeness (QED) is 0.483. The van der Waals surface area contributed by atoms with Gasteiger partial charge in [0.15, 0.2) is 11.6 Å². The van der Waals surface area contributed by atoms with Crippen LogP contribution >= 0.6 is 11.3 Å². The minimum Gasteiger partial charge on any atom is -0.379 e. The molecule has 0 aliphatic carbocycles. The number of hydrogen-bond acceptors (Lipinski definition) is 9. The lowest BCUT2D eigenvalue weighted by Crippen LogP contribution is -2.37. The molecule has 0 spiro atoms. The van der Waals surface area contributed by atoms with E-state index in [1.165, 1.54) is 4.88 Å². The third kappa shape index (κ3) is 4.34. The zero-order chi connectivity index (χ0) is 22.0. The molecule has 0 saturated carbocycles. The first-order chi connectivity index (χ1) is 16.3. The van der Waals surface area contributed by atoms with Crippen molar-refractivity contribution in [2.45, 2.75) is 6.54 Å². The van der Waals surface area contributed by atoms with Crippen LogP contribution in [0.3, 0.4) is 0 Å². The number of ether oxygens (including phenoxy) is 2. The molecule has 0 unspecified atom stereocenters. The lowest BCUT2D eigenvalue weighted by atomic mass is 10.1. The number of H-pyrrole nitrogens is 1. The minimum atomic E-state index is 0.664. The third-order valence-electron chi connectivity index (χ3n) is 6.01. The fourth-order valence-electron chi connectivity index (χ4n) is 4.23. The Morgan fingerprint density at radius 2 is 1.67 bits per heavy atom. The topological polar surface area (TPSA) is 92.3 Å². The van der Waals surface area contributed by atoms with E-state index in [-0.39, 0.29) is 0 Å². The summed E-state index contributed by atoms with van der Waals surface area (Å²) in [6.07, 6.45) is 1.83. The second kappa shape index (κ2) is 9.14. The van der Waals surface area contributed by atoms with E-state index < -0.39 is 0 Å². The molecule has 33 heavy (non-hydrogen) atoms. The van der Waals surface area contributed by atoms with Crippen LogP contribution in [0, 0.1) is 0 Å². The van der Waals surface area contributed by atoms with Gasteiger partial charge in [0.25, 0.3) is 0 Å². The van der Waals surface area contributed by atoms with Gasteiger partial charge in [0.1, 0.15) is 0 Å². The number of aromatic nitrogens is 5. The number of aromatic amines is 1. The third-order valence-corrected chi connectivity index (χ3v) is 7.07. The molecule has 1 N–H and O–H groups in total. The smallest absolute Gasteiger partial charge is 0.229 e. The second-order valence-electron chi connectivity index (χ2n) is 8.17. The van der Waals surface area contributed by atoms with Gasteiger partial charge in [0.05, 0.1) is 43.0 Å². The minimum absolute atomic E-state index is 0.664. The number of fused-ring (bicyclic) bond motifs is 1. The predicted molar refractivity (Wildman–Crippen MR) is 127 cm³/mol. The molecule has 0 bridgehead atoms. The highest BCUT2D eigenvalue weighted by molar-refractivity contribution is 7.15. The van der Waals surface area contributed by atoms with Crippen molar-refractivity contribution in [3.63, 3.8) is 0 Å². The van der Waals surface area contributed by atoms with Crippen molar-refractivity contribution in [3.05, 3.63) is 41.4 Å². The van der Waals surface area contributed by atoms with Crippen molar-refractivity contribution in [2.75, 3.05) is 57.5 Å². The number of morpholine rings is 2. The van der Waals surface area contributed by atoms with Crippen LogP contribution < -0.4 is 4.90 Å². The lowest BCUT2D eigenvalue weighted by Gasteiger charge is -2.27. The highest BCUT2D eigenvalue weighted by atomic mass is 32.1. The van der Waals surface area contributed by atoms with Gasteiger partial charge in [0, 0.05) is 48.6 Å². The molecule has 2 aliphatic rings. The van der Waals surface area contributed by atoms with Gasteiger partial charge in [-0.1, -0.05) is 12.1 Å². The lowest BCUT2D eigenvalue weighted by molar-refractivity contribution is 0.0346. The molecule has 10 heteroatoms. The van der Waals surface area contributed by atoms with E-state index in [1.54, 1.807) is 11.3 Å². The molecule has 5 heterocycles. The summed E-state index contributed by atoms with van der Waals surface area (Å²) in [5, 5.41) is 8.24. The Hall–Kier alpha value is -2.92. The van der Waals surface area contributed by atoms with Crippen LogP contribution in [0.5, 0.6) is 0 Å². The van der Waals surface area contributed by atoms with E-state index in [9.17, 15) is 0 Å². The standard InChI is InChI=1S/C23H25N7O2S/c1-2-17(18-14-24-28-19(18)3-1)21-25-22(27-23(26-21)30-8-12-32-13-9-30)20-5-4-16(33-20)15-29-6-10-31-11-7-29/h1-5,14H,6-13,15H2,(H,24,28). The van der Waals surface area contributed by atoms with Crippen LogP contribution in [0.25, 0.3) is 33.0 Å². The van der Waals surface area contributed by atoms with Gasteiger partial charge in [0.2, 0.25) is 5.95 Å². The van der Waals surface area contributed by atoms with Gasteiger partial charge in [-0.3, -0.25) is 10.00 Å². The van der Waals surface area contributed by atoms with Crippen LogP contribution in [-0.4, -0.2) is 82.7 Å². The van der Waals surface area contributed by atoms with Crippen molar-refractivity contribution < 1.29 is 9.47 Å². The van der Waals surface area contributed by atoms with Gasteiger partial charge in [-0.25, -0.2) is 4.98 Å². The molecular formula is C23H25N7O2S. The van der Waals surface area contributed by atoms with Crippen LogP contribution in [0.4, 0.5) is 5.95 Å². The first-order valence-electron chi connectivity index (χ1n) is 11.2. The fourth-order valence-corrected chi connectivity index (χ4v) is 5.21. The Morgan fingerprint density at radius 3 is 2.52 bits per heavy atom. The molecule has 0 amide bonds. The Bertz CT molecular complexity index is 1240. The monoisotopic (exact) mass is 463 g/mol. The maximum atomic E-state index is 5.54. The van der Waals surface area contributed by atoms with Crippen molar-refractivity contribution in [2.24, 2.45) is 0 Å².